The largest absolute Gasteiger partial charge is 0.348 e. The Morgan fingerprint density at radius 1 is 1.50 bits per heavy atom. The first kappa shape index (κ1) is 14.5. The highest BCUT2D eigenvalue weighted by atomic mass is 16.2. The van der Waals surface area contributed by atoms with E-state index in [2.05, 4.69) is 22.2 Å². The summed E-state index contributed by atoms with van der Waals surface area (Å²) in [7, 11) is 0. The molecule has 1 amide bonds. The monoisotopic (exact) mass is 297 g/mol. The maximum atomic E-state index is 12.3. The molecule has 2 aromatic heterocycles. The fraction of sp³-hybridized carbons (Fsp3) is 0.353. The summed E-state index contributed by atoms with van der Waals surface area (Å²) in [5.41, 5.74) is 2.85. The summed E-state index contributed by atoms with van der Waals surface area (Å²) in [5.74, 6) is 0.246. The second kappa shape index (κ2) is 6.13. The van der Waals surface area contributed by atoms with Crippen molar-refractivity contribution in [2.24, 2.45) is 5.92 Å². The molecular formula is C17H19N3O2. The number of carbonyl (C=O) groups is 1. The molecule has 1 aliphatic carbocycles. The summed E-state index contributed by atoms with van der Waals surface area (Å²) in [6.45, 7) is 2.55. The molecule has 22 heavy (non-hydrogen) atoms. The van der Waals surface area contributed by atoms with Gasteiger partial charge in [-0.05, 0) is 48.4 Å². The van der Waals surface area contributed by atoms with E-state index in [0.717, 1.165) is 36.1 Å². The molecule has 2 aromatic rings. The first-order chi connectivity index (χ1) is 10.6. The van der Waals surface area contributed by atoms with Gasteiger partial charge in [0, 0.05) is 24.6 Å². The first-order valence-electron chi connectivity index (χ1n) is 7.55. The van der Waals surface area contributed by atoms with Crippen LogP contribution >= 0.6 is 0 Å². The van der Waals surface area contributed by atoms with Crippen LogP contribution in [0.1, 0.15) is 40.5 Å². The van der Waals surface area contributed by atoms with Crippen LogP contribution in [0.5, 0.6) is 0 Å². The lowest BCUT2D eigenvalue weighted by Crippen LogP contribution is -2.31. The highest BCUT2D eigenvalue weighted by molar-refractivity contribution is 5.94. The molecule has 1 atom stereocenters. The molecule has 2 N–H and O–H groups in total. The Morgan fingerprint density at radius 3 is 3.14 bits per heavy atom. The van der Waals surface area contributed by atoms with Crippen molar-refractivity contribution in [3.05, 3.63) is 63.3 Å². The summed E-state index contributed by atoms with van der Waals surface area (Å²) in [6, 6.07) is 5.45. The lowest BCUT2D eigenvalue weighted by molar-refractivity contribution is 0.0949. The third-order valence-electron chi connectivity index (χ3n) is 4.09. The zero-order valence-electron chi connectivity index (χ0n) is 12.6. The number of hydrogen-bond acceptors (Lipinski definition) is 3. The number of H-pyrrole nitrogens is 1. The number of carbonyl (C=O) groups excluding carboxylic acids is 1. The quantitative estimate of drug-likeness (QED) is 0.907. The van der Waals surface area contributed by atoms with E-state index in [0.29, 0.717) is 12.5 Å². The summed E-state index contributed by atoms with van der Waals surface area (Å²) in [6.07, 6.45) is 6.24. The summed E-state index contributed by atoms with van der Waals surface area (Å²) in [4.78, 5) is 31.2. The molecule has 0 aliphatic heterocycles. The number of nitrogens with zero attached hydrogens (tertiary/aromatic N) is 1. The van der Waals surface area contributed by atoms with Gasteiger partial charge in [0.25, 0.3) is 11.5 Å². The van der Waals surface area contributed by atoms with Gasteiger partial charge in [-0.3, -0.25) is 14.6 Å². The van der Waals surface area contributed by atoms with Crippen molar-refractivity contribution in [2.75, 3.05) is 0 Å². The predicted molar refractivity (Wildman–Crippen MR) is 83.7 cm³/mol. The van der Waals surface area contributed by atoms with Crippen molar-refractivity contribution >= 4 is 5.91 Å². The van der Waals surface area contributed by atoms with E-state index in [1.54, 1.807) is 18.5 Å². The van der Waals surface area contributed by atoms with Crippen LogP contribution in [-0.4, -0.2) is 15.9 Å². The predicted octanol–water partition coefficient (Wildman–Crippen LogP) is 1.82. The molecule has 0 radical (unpaired) electrons. The Labute approximate surface area is 128 Å². The van der Waals surface area contributed by atoms with Gasteiger partial charge >= 0.3 is 0 Å². The topological polar surface area (TPSA) is 74.8 Å². The van der Waals surface area contributed by atoms with Crippen molar-refractivity contribution in [2.45, 2.75) is 32.7 Å². The van der Waals surface area contributed by atoms with E-state index in [9.17, 15) is 9.59 Å². The Hall–Kier alpha value is -2.43. The maximum Gasteiger partial charge on any atom is 0.261 e. The molecule has 1 aliphatic rings. The van der Waals surface area contributed by atoms with Gasteiger partial charge in [-0.15, -0.1) is 0 Å². The second-order valence-corrected chi connectivity index (χ2v) is 5.91. The second-order valence-electron chi connectivity index (χ2n) is 5.91. The zero-order valence-corrected chi connectivity index (χ0v) is 12.6. The van der Waals surface area contributed by atoms with Crippen LogP contribution in [0.3, 0.4) is 0 Å². The van der Waals surface area contributed by atoms with Gasteiger partial charge in [-0.1, -0.05) is 13.0 Å². The lowest BCUT2D eigenvalue weighted by Gasteiger charge is -2.21. The summed E-state index contributed by atoms with van der Waals surface area (Å²) in [5, 5.41) is 2.78. The van der Waals surface area contributed by atoms with E-state index in [-0.39, 0.29) is 17.0 Å². The van der Waals surface area contributed by atoms with Gasteiger partial charge in [0.1, 0.15) is 5.56 Å². The minimum atomic E-state index is -0.342. The molecular weight excluding hydrogens is 278 g/mol. The maximum absolute atomic E-state index is 12.3. The molecule has 0 saturated heterocycles. The minimum Gasteiger partial charge on any atom is -0.348 e. The van der Waals surface area contributed by atoms with Crippen molar-refractivity contribution < 1.29 is 4.79 Å². The van der Waals surface area contributed by atoms with Crippen molar-refractivity contribution in [1.82, 2.24) is 15.3 Å². The van der Waals surface area contributed by atoms with Crippen LogP contribution in [0.15, 0.2) is 35.4 Å². The van der Waals surface area contributed by atoms with Gasteiger partial charge in [0.15, 0.2) is 0 Å². The van der Waals surface area contributed by atoms with Crippen LogP contribution in [0.4, 0.5) is 0 Å². The number of aromatic amines is 1. The molecule has 2 heterocycles. The first-order valence-corrected chi connectivity index (χ1v) is 7.55. The van der Waals surface area contributed by atoms with Gasteiger partial charge in [-0.2, -0.15) is 0 Å². The fourth-order valence-corrected chi connectivity index (χ4v) is 2.83. The average molecular weight is 297 g/mol. The molecule has 0 fully saturated rings. The van der Waals surface area contributed by atoms with Gasteiger partial charge in [-0.25, -0.2) is 0 Å². The highest BCUT2D eigenvalue weighted by Crippen LogP contribution is 2.23. The van der Waals surface area contributed by atoms with E-state index < -0.39 is 0 Å². The van der Waals surface area contributed by atoms with Crippen LogP contribution < -0.4 is 10.9 Å². The molecule has 0 unspecified atom stereocenters. The Kier molecular flexibility index (Phi) is 4.04. The Bertz CT molecular complexity index is 737. The number of amides is 1. The molecule has 5 heteroatoms. The molecule has 0 saturated carbocycles. The summed E-state index contributed by atoms with van der Waals surface area (Å²) < 4.78 is 0. The van der Waals surface area contributed by atoms with E-state index in [1.165, 1.54) is 0 Å². The number of aromatic nitrogens is 2. The molecule has 5 nitrogen and oxygen atoms in total. The van der Waals surface area contributed by atoms with E-state index >= 15 is 0 Å². The Balaban J connectivity index is 1.78. The molecule has 0 bridgehead atoms. The number of fused-ring (bicyclic) bond motifs is 1. The Morgan fingerprint density at radius 2 is 2.36 bits per heavy atom. The molecule has 0 aromatic carbocycles. The zero-order chi connectivity index (χ0) is 15.5. The van der Waals surface area contributed by atoms with Gasteiger partial charge in [0.05, 0.1) is 0 Å². The smallest absolute Gasteiger partial charge is 0.261 e. The van der Waals surface area contributed by atoms with Crippen LogP contribution in [-0.2, 0) is 19.4 Å². The average Bonchev–Trinajstić information content (AvgIpc) is 2.53. The number of hydrogen-bond donors (Lipinski definition) is 2. The third kappa shape index (κ3) is 3.08. The van der Waals surface area contributed by atoms with E-state index in [1.807, 2.05) is 12.1 Å². The van der Waals surface area contributed by atoms with Crippen molar-refractivity contribution in [1.29, 1.82) is 0 Å². The highest BCUT2D eigenvalue weighted by Gasteiger charge is 2.19. The summed E-state index contributed by atoms with van der Waals surface area (Å²) >= 11 is 0. The van der Waals surface area contributed by atoms with Gasteiger partial charge in [0.2, 0.25) is 0 Å². The molecule has 3 rings (SSSR count). The fourth-order valence-electron chi connectivity index (χ4n) is 2.83. The van der Waals surface area contributed by atoms with Crippen LogP contribution in [0.25, 0.3) is 0 Å². The standard InChI is InChI=1S/C17H19N3O2/c1-11-4-5-15-13(7-11)8-14(17(22)20-15)16(21)19-10-12-3-2-6-18-9-12/h2-3,6,8-9,11H,4-5,7,10H2,1H3,(H,19,21)(H,20,22)/t11-/m0/s1. The van der Waals surface area contributed by atoms with Crippen molar-refractivity contribution in [3.8, 4) is 0 Å². The number of aryl methyl sites for hydroxylation is 1. The number of nitrogens with one attached hydrogen (secondary N) is 2. The third-order valence-corrected chi connectivity index (χ3v) is 4.09. The normalized spacial score (nSPS) is 16.9. The molecule has 114 valence electrons. The van der Waals surface area contributed by atoms with E-state index in [4.69, 9.17) is 0 Å². The lowest BCUT2D eigenvalue weighted by atomic mass is 9.87. The number of pyridine rings is 2. The van der Waals surface area contributed by atoms with Gasteiger partial charge < -0.3 is 10.3 Å². The minimum absolute atomic E-state index is 0.191. The SMILES string of the molecule is C[C@H]1CCc2[nH]c(=O)c(C(=O)NCc3cccnc3)cc2C1. The van der Waals surface area contributed by atoms with Crippen LogP contribution in [0, 0.1) is 5.92 Å². The van der Waals surface area contributed by atoms with Crippen LogP contribution in [0.2, 0.25) is 0 Å². The molecule has 0 spiro atoms. The number of rotatable bonds is 3. The van der Waals surface area contributed by atoms with Crippen molar-refractivity contribution in [3.63, 3.8) is 0 Å².